The Morgan fingerprint density at radius 3 is 1.69 bits per heavy atom. The highest BCUT2D eigenvalue weighted by Crippen LogP contribution is 2.67. The summed E-state index contributed by atoms with van der Waals surface area (Å²) in [6.07, 6.45) is 22.9. The highest BCUT2D eigenvalue weighted by molar-refractivity contribution is 5.96. The monoisotopic (exact) mass is 843 g/mol. The fourth-order valence-electron chi connectivity index (χ4n) is 9.50. The van der Waals surface area contributed by atoms with Crippen LogP contribution in [0.3, 0.4) is 0 Å². The lowest BCUT2D eigenvalue weighted by molar-refractivity contribution is -0.118. The van der Waals surface area contributed by atoms with Crippen LogP contribution in [0.4, 0.5) is 9.59 Å². The Kier molecular flexibility index (Phi) is 15.6. The molecule has 0 spiro atoms. The van der Waals surface area contributed by atoms with E-state index in [2.05, 4.69) is 33.4 Å². The molecule has 0 aromatic carbocycles. The number of carbonyl (C=O) groups is 3. The zero-order chi connectivity index (χ0) is 44.6. The number of rotatable bonds is 12. The minimum absolute atomic E-state index is 0.0545. The summed E-state index contributed by atoms with van der Waals surface area (Å²) in [5, 5.41) is 11.4. The van der Waals surface area contributed by atoms with Gasteiger partial charge in [0.15, 0.2) is 5.78 Å². The summed E-state index contributed by atoms with van der Waals surface area (Å²) >= 11 is 0. The molecule has 3 aliphatic heterocycles. The maximum atomic E-state index is 13.5. The Hall–Kier alpha value is -4.25. The lowest BCUT2D eigenvalue weighted by atomic mass is 9.61. The smallest absolute Gasteiger partial charge is 0.410 e. The van der Waals surface area contributed by atoms with E-state index in [9.17, 15) is 19.5 Å². The van der Waals surface area contributed by atoms with Crippen molar-refractivity contribution in [2.24, 2.45) is 10.8 Å². The van der Waals surface area contributed by atoms with E-state index < -0.39 is 22.2 Å². The molecule has 1 N–H and O–H groups in total. The number of ether oxygens (including phenoxy) is 5. The standard InChI is InChI=1S/C50H70N2O9/c1-36(17-13-18-38(3)21-22-43-46(5,6)31-40(33-48(43,9)56)59-44(54)51-23-27-57-28-24-51)15-11-12-16-37(2)19-14-20-39(4)42(53)35-50-47(7,8)32-41(34-49(50,10)61-50)60-45(55)52-25-29-58-30-26-52/h11-21,40-41,56H,23-35H2,1-10H3/t22?,40?,41?,48-,49?,50?/m1/s1. The summed E-state index contributed by atoms with van der Waals surface area (Å²) in [6, 6.07) is 0. The van der Waals surface area contributed by atoms with Crippen LogP contribution in [0.2, 0.25) is 0 Å². The van der Waals surface area contributed by atoms with E-state index in [1.54, 1.807) is 16.7 Å². The molecule has 3 heterocycles. The Labute approximate surface area is 364 Å². The molecule has 5 fully saturated rings. The predicted octanol–water partition coefficient (Wildman–Crippen LogP) is 9.07. The van der Waals surface area contributed by atoms with Crippen molar-refractivity contribution in [3.8, 4) is 0 Å². The number of hydrogen-bond donors (Lipinski definition) is 1. The van der Waals surface area contributed by atoms with Crippen molar-refractivity contribution in [1.82, 2.24) is 9.80 Å². The number of ketones is 1. The molecule has 2 amide bonds. The molecule has 11 nitrogen and oxygen atoms in total. The molecule has 0 radical (unpaired) electrons. The van der Waals surface area contributed by atoms with E-state index in [-0.39, 0.29) is 42.0 Å². The molecule has 334 valence electrons. The van der Waals surface area contributed by atoms with Crippen LogP contribution in [0.1, 0.15) is 101 Å². The van der Waals surface area contributed by atoms with Gasteiger partial charge in [-0.05, 0) is 77.0 Å². The molecule has 5 aliphatic rings. The molecule has 0 bridgehead atoms. The Bertz CT molecular complexity index is 1910. The van der Waals surface area contributed by atoms with Crippen LogP contribution in [-0.4, -0.2) is 114 Å². The summed E-state index contributed by atoms with van der Waals surface area (Å²) in [5.74, 6) is 0.0545. The van der Waals surface area contributed by atoms with Gasteiger partial charge in [0.2, 0.25) is 0 Å². The average Bonchev–Trinajstić information content (AvgIpc) is 3.80. The number of Topliss-reactive ketones (excluding diaryl/α,β-unsaturated/α-hetero) is 1. The van der Waals surface area contributed by atoms with Gasteiger partial charge in [-0.2, -0.15) is 0 Å². The summed E-state index contributed by atoms with van der Waals surface area (Å²) < 4.78 is 28.9. The maximum Gasteiger partial charge on any atom is 0.410 e. The van der Waals surface area contributed by atoms with E-state index >= 15 is 0 Å². The van der Waals surface area contributed by atoms with E-state index in [0.717, 1.165) is 22.3 Å². The molecule has 2 saturated carbocycles. The maximum absolute atomic E-state index is 13.5. The van der Waals surface area contributed by atoms with Crippen molar-refractivity contribution < 1.29 is 43.2 Å². The molecule has 2 aliphatic carbocycles. The predicted molar refractivity (Wildman–Crippen MR) is 238 cm³/mol. The van der Waals surface area contributed by atoms with Crippen molar-refractivity contribution in [3.05, 3.63) is 100 Å². The molecule has 0 aromatic heterocycles. The third-order valence-corrected chi connectivity index (χ3v) is 12.9. The first-order valence-electron chi connectivity index (χ1n) is 21.9. The number of carbonyl (C=O) groups excluding carboxylic acids is 3. The minimum Gasteiger partial charge on any atom is -0.446 e. The molecule has 61 heavy (non-hydrogen) atoms. The third kappa shape index (κ3) is 12.2. The first-order valence-corrected chi connectivity index (χ1v) is 21.9. The average molecular weight is 843 g/mol. The normalized spacial score (nSPS) is 31.0. The molecular formula is C50H70N2O9. The second-order valence-electron chi connectivity index (χ2n) is 19.2. The Morgan fingerprint density at radius 2 is 1.18 bits per heavy atom. The zero-order valence-electron chi connectivity index (χ0n) is 38.3. The van der Waals surface area contributed by atoms with Gasteiger partial charge >= 0.3 is 12.2 Å². The number of nitrogens with zero attached hydrogens (tertiary/aromatic N) is 2. The second kappa shape index (κ2) is 19.9. The number of fused-ring (bicyclic) bond motifs is 1. The number of aliphatic hydroxyl groups is 1. The minimum atomic E-state index is -1.16. The van der Waals surface area contributed by atoms with Crippen molar-refractivity contribution in [2.45, 2.75) is 130 Å². The van der Waals surface area contributed by atoms with E-state index in [1.807, 2.05) is 101 Å². The van der Waals surface area contributed by atoms with Gasteiger partial charge in [0.05, 0.1) is 37.6 Å². The van der Waals surface area contributed by atoms with E-state index in [1.165, 1.54) is 0 Å². The fraction of sp³-hybridized carbons (Fsp3) is 0.600. The first kappa shape index (κ1) is 47.8. The van der Waals surface area contributed by atoms with E-state index in [0.29, 0.717) is 83.9 Å². The van der Waals surface area contributed by atoms with Crippen molar-refractivity contribution in [2.75, 3.05) is 52.6 Å². The summed E-state index contributed by atoms with van der Waals surface area (Å²) in [4.78, 5) is 42.3. The van der Waals surface area contributed by atoms with Crippen LogP contribution >= 0.6 is 0 Å². The van der Waals surface area contributed by atoms with Crippen LogP contribution in [0, 0.1) is 10.8 Å². The quantitative estimate of drug-likeness (QED) is 0.0886. The van der Waals surface area contributed by atoms with Gasteiger partial charge < -0.3 is 38.6 Å². The number of allylic oxidation sites excluding steroid dienone is 14. The molecule has 3 saturated heterocycles. The second-order valence-corrected chi connectivity index (χ2v) is 19.2. The lowest BCUT2D eigenvalue weighted by Gasteiger charge is -2.45. The fourth-order valence-corrected chi connectivity index (χ4v) is 9.50. The van der Waals surface area contributed by atoms with Crippen molar-refractivity contribution in [1.29, 1.82) is 0 Å². The highest BCUT2D eigenvalue weighted by atomic mass is 16.6. The zero-order valence-corrected chi connectivity index (χ0v) is 38.3. The lowest BCUT2D eigenvalue weighted by Crippen LogP contribution is -2.50. The van der Waals surface area contributed by atoms with Gasteiger partial charge in [0, 0.05) is 56.4 Å². The van der Waals surface area contributed by atoms with Gasteiger partial charge in [0.1, 0.15) is 17.8 Å². The van der Waals surface area contributed by atoms with Gasteiger partial charge in [-0.25, -0.2) is 9.59 Å². The summed E-state index contributed by atoms with van der Waals surface area (Å²) in [6.45, 7) is 24.2. The van der Waals surface area contributed by atoms with Crippen LogP contribution in [0.5, 0.6) is 0 Å². The third-order valence-electron chi connectivity index (χ3n) is 12.9. The number of amides is 2. The molecular weight excluding hydrogens is 773 g/mol. The summed E-state index contributed by atoms with van der Waals surface area (Å²) in [5.41, 5.74) is 4.93. The van der Waals surface area contributed by atoms with Crippen LogP contribution in [0.15, 0.2) is 100 Å². The highest BCUT2D eigenvalue weighted by Gasteiger charge is 2.76. The van der Waals surface area contributed by atoms with Crippen LogP contribution in [0.25, 0.3) is 0 Å². The number of morpholine rings is 2. The topological polar surface area (TPSA) is 127 Å². The SMILES string of the molecule is CC(C=C=C1C(C)(C)CC(OC(=O)N2CCOCC2)C[C@@]1(C)O)=CC=CC(C)=CC=CC=C(C)C=CC=C(C)C(=O)CC12OC1(C)CC(OC(=O)N1CCOCC1)CC2(C)C. The molecule has 5 atom stereocenters. The van der Waals surface area contributed by atoms with Gasteiger partial charge in [-0.3, -0.25) is 4.79 Å². The Balaban J connectivity index is 1.08. The molecule has 0 aromatic rings. The van der Waals surface area contributed by atoms with Crippen LogP contribution < -0.4 is 0 Å². The number of epoxide rings is 1. The van der Waals surface area contributed by atoms with E-state index in [4.69, 9.17) is 23.7 Å². The van der Waals surface area contributed by atoms with Gasteiger partial charge in [-0.1, -0.05) is 99.6 Å². The van der Waals surface area contributed by atoms with Crippen molar-refractivity contribution in [3.63, 3.8) is 0 Å². The number of hydrogen-bond acceptors (Lipinski definition) is 9. The molecule has 5 rings (SSSR count). The first-order chi connectivity index (χ1) is 28.7. The van der Waals surface area contributed by atoms with Gasteiger partial charge in [-0.15, -0.1) is 5.73 Å². The van der Waals surface area contributed by atoms with Crippen molar-refractivity contribution >= 4 is 18.0 Å². The molecule has 4 unspecified atom stereocenters. The Morgan fingerprint density at radius 1 is 0.689 bits per heavy atom. The van der Waals surface area contributed by atoms with Crippen LogP contribution in [-0.2, 0) is 28.5 Å². The van der Waals surface area contributed by atoms with Gasteiger partial charge in [0.25, 0.3) is 0 Å². The molecule has 11 heteroatoms. The largest absolute Gasteiger partial charge is 0.446 e. The summed E-state index contributed by atoms with van der Waals surface area (Å²) in [7, 11) is 0.